The third kappa shape index (κ3) is 4.16. The summed E-state index contributed by atoms with van der Waals surface area (Å²) in [5.74, 6) is 1.39. The first-order valence-corrected chi connectivity index (χ1v) is 6.85. The average Bonchev–Trinajstić information content (AvgIpc) is 2.35. The van der Waals surface area contributed by atoms with E-state index >= 15 is 0 Å². The van der Waals surface area contributed by atoms with Crippen molar-refractivity contribution in [1.29, 1.82) is 0 Å². The fourth-order valence-electron chi connectivity index (χ4n) is 2.18. The highest BCUT2D eigenvalue weighted by atomic mass is 14.9. The Labute approximate surface area is 107 Å². The molecule has 0 aliphatic heterocycles. The van der Waals surface area contributed by atoms with Crippen molar-refractivity contribution in [3.05, 3.63) is 35.4 Å². The van der Waals surface area contributed by atoms with Crippen molar-refractivity contribution < 1.29 is 0 Å². The van der Waals surface area contributed by atoms with Crippen LogP contribution in [0.25, 0.3) is 0 Å². The first-order valence-electron chi connectivity index (χ1n) is 6.85. The van der Waals surface area contributed by atoms with E-state index in [0.717, 1.165) is 5.92 Å². The van der Waals surface area contributed by atoms with E-state index in [9.17, 15) is 0 Å². The van der Waals surface area contributed by atoms with Gasteiger partial charge in [0, 0.05) is 6.04 Å². The van der Waals surface area contributed by atoms with E-state index in [4.69, 9.17) is 0 Å². The lowest BCUT2D eigenvalue weighted by Crippen LogP contribution is -2.18. The van der Waals surface area contributed by atoms with E-state index in [1.165, 1.54) is 24.0 Å². The molecule has 1 heteroatoms. The molecule has 0 radical (unpaired) electrons. The molecule has 1 N–H and O–H groups in total. The fourth-order valence-corrected chi connectivity index (χ4v) is 2.18. The van der Waals surface area contributed by atoms with Gasteiger partial charge in [-0.05, 0) is 42.9 Å². The maximum Gasteiger partial charge on any atom is 0.0319 e. The van der Waals surface area contributed by atoms with Crippen LogP contribution in [0.2, 0.25) is 0 Å². The molecular weight excluding hydrogens is 206 g/mol. The lowest BCUT2D eigenvalue weighted by Gasteiger charge is -2.19. The summed E-state index contributed by atoms with van der Waals surface area (Å²) in [6.45, 7) is 9.09. The second-order valence-electron chi connectivity index (χ2n) is 5.45. The highest BCUT2D eigenvalue weighted by Gasteiger charge is 2.11. The third-order valence-corrected chi connectivity index (χ3v) is 3.58. The van der Waals surface area contributed by atoms with Gasteiger partial charge in [-0.15, -0.1) is 0 Å². The first-order chi connectivity index (χ1) is 8.08. The van der Waals surface area contributed by atoms with Crippen LogP contribution in [0.1, 0.15) is 63.6 Å². The Morgan fingerprint density at radius 3 is 1.94 bits per heavy atom. The van der Waals surface area contributed by atoms with E-state index in [1.807, 2.05) is 0 Å². The Morgan fingerprint density at radius 2 is 1.53 bits per heavy atom. The molecule has 0 spiro atoms. The fraction of sp³-hybridized carbons (Fsp3) is 0.625. The molecule has 0 bridgehead atoms. The van der Waals surface area contributed by atoms with Gasteiger partial charge in [-0.25, -0.2) is 0 Å². The summed E-state index contributed by atoms with van der Waals surface area (Å²) in [5.41, 5.74) is 2.86. The van der Waals surface area contributed by atoms with Crippen molar-refractivity contribution in [3.63, 3.8) is 0 Å². The average molecular weight is 233 g/mol. The second kappa shape index (κ2) is 6.80. The molecule has 2 unspecified atom stereocenters. The van der Waals surface area contributed by atoms with Gasteiger partial charge >= 0.3 is 0 Å². The Hall–Kier alpha value is -0.820. The SMILES string of the molecule is CCC(C)c1ccc(C(CC(C)C)NC)cc1. The topological polar surface area (TPSA) is 12.0 Å². The number of hydrogen-bond donors (Lipinski definition) is 1. The minimum Gasteiger partial charge on any atom is -0.313 e. The van der Waals surface area contributed by atoms with Crippen molar-refractivity contribution in [1.82, 2.24) is 5.32 Å². The Morgan fingerprint density at radius 1 is 1.00 bits per heavy atom. The molecule has 0 aliphatic rings. The van der Waals surface area contributed by atoms with Crippen LogP contribution < -0.4 is 5.32 Å². The molecule has 0 aromatic heterocycles. The van der Waals surface area contributed by atoms with Gasteiger partial charge in [0.1, 0.15) is 0 Å². The smallest absolute Gasteiger partial charge is 0.0319 e. The van der Waals surface area contributed by atoms with Gasteiger partial charge in [0.25, 0.3) is 0 Å². The molecule has 17 heavy (non-hydrogen) atoms. The summed E-state index contributed by atoms with van der Waals surface area (Å²) in [4.78, 5) is 0. The molecule has 1 nitrogen and oxygen atoms in total. The summed E-state index contributed by atoms with van der Waals surface area (Å²) >= 11 is 0. The normalized spacial score (nSPS) is 14.9. The van der Waals surface area contributed by atoms with Gasteiger partial charge in [-0.2, -0.15) is 0 Å². The van der Waals surface area contributed by atoms with Crippen LogP contribution in [-0.4, -0.2) is 7.05 Å². The predicted octanol–water partition coefficient (Wildman–Crippen LogP) is 4.51. The molecule has 0 aliphatic carbocycles. The summed E-state index contributed by atoms with van der Waals surface area (Å²) in [7, 11) is 2.05. The zero-order valence-corrected chi connectivity index (χ0v) is 12.0. The van der Waals surface area contributed by atoms with Crippen molar-refractivity contribution in [2.75, 3.05) is 7.05 Å². The molecule has 1 aromatic rings. The van der Waals surface area contributed by atoms with Crippen LogP contribution in [0, 0.1) is 5.92 Å². The van der Waals surface area contributed by atoms with Crippen LogP contribution in [0.5, 0.6) is 0 Å². The molecule has 0 fully saturated rings. The van der Waals surface area contributed by atoms with Crippen LogP contribution in [0.3, 0.4) is 0 Å². The van der Waals surface area contributed by atoms with Gasteiger partial charge in [-0.1, -0.05) is 52.0 Å². The molecule has 0 saturated carbocycles. The first kappa shape index (κ1) is 14.2. The van der Waals surface area contributed by atoms with Gasteiger partial charge in [0.2, 0.25) is 0 Å². The molecule has 2 atom stereocenters. The van der Waals surface area contributed by atoms with Gasteiger partial charge in [-0.3, -0.25) is 0 Å². The lowest BCUT2D eigenvalue weighted by atomic mass is 9.93. The van der Waals surface area contributed by atoms with Crippen LogP contribution in [0.15, 0.2) is 24.3 Å². The predicted molar refractivity (Wildman–Crippen MR) is 76.4 cm³/mol. The molecule has 0 heterocycles. The van der Waals surface area contributed by atoms with Gasteiger partial charge in [0.15, 0.2) is 0 Å². The Balaban J connectivity index is 2.77. The Kier molecular flexibility index (Phi) is 5.70. The Bertz CT molecular complexity index is 313. The zero-order chi connectivity index (χ0) is 12.8. The third-order valence-electron chi connectivity index (χ3n) is 3.58. The highest BCUT2D eigenvalue weighted by Crippen LogP contribution is 2.24. The molecule has 96 valence electrons. The van der Waals surface area contributed by atoms with Crippen LogP contribution in [0.4, 0.5) is 0 Å². The van der Waals surface area contributed by atoms with Crippen molar-refractivity contribution >= 4 is 0 Å². The zero-order valence-electron chi connectivity index (χ0n) is 12.0. The molecule has 1 aromatic carbocycles. The molecule has 0 amide bonds. The molecule has 0 saturated heterocycles. The number of benzene rings is 1. The monoisotopic (exact) mass is 233 g/mol. The maximum absolute atomic E-state index is 3.41. The standard InChI is InChI=1S/C16H27N/c1-6-13(4)14-7-9-15(10-8-14)16(17-5)11-12(2)3/h7-10,12-13,16-17H,6,11H2,1-5H3. The highest BCUT2D eigenvalue weighted by molar-refractivity contribution is 5.27. The number of nitrogens with one attached hydrogen (secondary N) is 1. The lowest BCUT2D eigenvalue weighted by molar-refractivity contribution is 0.456. The van der Waals surface area contributed by atoms with E-state index in [-0.39, 0.29) is 0 Å². The van der Waals surface area contributed by atoms with Gasteiger partial charge in [0.05, 0.1) is 0 Å². The maximum atomic E-state index is 3.41. The molecular formula is C16H27N. The minimum absolute atomic E-state index is 0.487. The largest absolute Gasteiger partial charge is 0.313 e. The van der Waals surface area contributed by atoms with E-state index < -0.39 is 0 Å². The summed E-state index contributed by atoms with van der Waals surface area (Å²) in [5, 5.41) is 3.41. The van der Waals surface area contributed by atoms with Crippen molar-refractivity contribution in [3.8, 4) is 0 Å². The number of hydrogen-bond acceptors (Lipinski definition) is 1. The van der Waals surface area contributed by atoms with E-state index in [2.05, 4.69) is 64.3 Å². The van der Waals surface area contributed by atoms with Crippen molar-refractivity contribution in [2.24, 2.45) is 5.92 Å². The number of rotatable bonds is 6. The van der Waals surface area contributed by atoms with Crippen molar-refractivity contribution in [2.45, 2.75) is 52.5 Å². The van der Waals surface area contributed by atoms with Gasteiger partial charge < -0.3 is 5.32 Å². The summed E-state index contributed by atoms with van der Waals surface area (Å²) < 4.78 is 0. The minimum atomic E-state index is 0.487. The van der Waals surface area contributed by atoms with E-state index in [0.29, 0.717) is 12.0 Å². The van der Waals surface area contributed by atoms with E-state index in [1.54, 1.807) is 0 Å². The second-order valence-corrected chi connectivity index (χ2v) is 5.45. The quantitative estimate of drug-likeness (QED) is 0.762. The molecule has 1 rings (SSSR count). The van der Waals surface area contributed by atoms with Crippen LogP contribution in [-0.2, 0) is 0 Å². The summed E-state index contributed by atoms with van der Waals surface area (Å²) in [6.07, 6.45) is 2.40. The summed E-state index contributed by atoms with van der Waals surface area (Å²) in [6, 6.07) is 9.62. The van der Waals surface area contributed by atoms with Crippen LogP contribution >= 0.6 is 0 Å².